The average molecular weight is 309 g/mol. The predicted molar refractivity (Wildman–Crippen MR) is 83.2 cm³/mol. The maximum atomic E-state index is 12.0. The zero-order valence-electron chi connectivity index (χ0n) is 13.4. The highest BCUT2D eigenvalue weighted by molar-refractivity contribution is 5.90. The zero-order valence-corrected chi connectivity index (χ0v) is 13.4. The molecule has 0 aromatic heterocycles. The summed E-state index contributed by atoms with van der Waals surface area (Å²) in [6.45, 7) is 5.65. The van der Waals surface area contributed by atoms with E-state index in [2.05, 4.69) is 5.32 Å². The van der Waals surface area contributed by atoms with Gasteiger partial charge in [-0.15, -0.1) is 0 Å². The SMILES string of the molecule is COCC(CC(=O)O)Nc1cccc(C(=O)OC(C)(C)C)c1. The minimum atomic E-state index is -0.919. The normalized spacial score (nSPS) is 12.5. The molecule has 22 heavy (non-hydrogen) atoms. The standard InChI is InChI=1S/C16H23NO5/c1-16(2,3)22-15(20)11-6-5-7-12(8-11)17-13(10-21-4)9-14(18)19/h5-8,13,17H,9-10H2,1-4H3,(H,18,19). The van der Waals surface area contributed by atoms with Crippen molar-refractivity contribution in [1.29, 1.82) is 0 Å². The van der Waals surface area contributed by atoms with Gasteiger partial charge in [-0.05, 0) is 39.0 Å². The van der Waals surface area contributed by atoms with E-state index in [1.807, 2.05) is 0 Å². The van der Waals surface area contributed by atoms with E-state index in [0.29, 0.717) is 11.3 Å². The van der Waals surface area contributed by atoms with Gasteiger partial charge in [-0.3, -0.25) is 4.79 Å². The van der Waals surface area contributed by atoms with E-state index in [1.54, 1.807) is 45.0 Å². The van der Waals surface area contributed by atoms with Crippen LogP contribution in [0.1, 0.15) is 37.6 Å². The van der Waals surface area contributed by atoms with E-state index in [9.17, 15) is 9.59 Å². The summed E-state index contributed by atoms with van der Waals surface area (Å²) in [5, 5.41) is 11.9. The summed E-state index contributed by atoms with van der Waals surface area (Å²) in [7, 11) is 1.51. The highest BCUT2D eigenvalue weighted by atomic mass is 16.6. The summed E-state index contributed by atoms with van der Waals surface area (Å²) in [6.07, 6.45) is -0.0789. The van der Waals surface area contributed by atoms with Gasteiger partial charge in [0.2, 0.25) is 0 Å². The number of carboxylic acid groups (broad SMARTS) is 1. The third-order valence-electron chi connectivity index (χ3n) is 2.66. The van der Waals surface area contributed by atoms with Crippen LogP contribution in [0.3, 0.4) is 0 Å². The van der Waals surface area contributed by atoms with Crippen LogP contribution in [0.15, 0.2) is 24.3 Å². The van der Waals surface area contributed by atoms with Crippen molar-refractivity contribution in [2.45, 2.75) is 38.8 Å². The van der Waals surface area contributed by atoms with Crippen LogP contribution in [-0.4, -0.2) is 42.4 Å². The van der Waals surface area contributed by atoms with E-state index < -0.39 is 17.5 Å². The van der Waals surface area contributed by atoms with Gasteiger partial charge in [-0.25, -0.2) is 4.79 Å². The summed E-state index contributed by atoms with van der Waals surface area (Å²) in [5.41, 5.74) is 0.487. The first-order valence-corrected chi connectivity index (χ1v) is 7.02. The van der Waals surface area contributed by atoms with Crippen molar-refractivity contribution in [2.75, 3.05) is 19.0 Å². The number of hydrogen-bond donors (Lipinski definition) is 2. The number of ether oxygens (including phenoxy) is 2. The summed E-state index contributed by atoms with van der Waals surface area (Å²) >= 11 is 0. The van der Waals surface area contributed by atoms with Crippen LogP contribution in [0.25, 0.3) is 0 Å². The molecule has 0 aliphatic carbocycles. The molecule has 0 spiro atoms. The lowest BCUT2D eigenvalue weighted by Gasteiger charge is -2.20. The highest BCUT2D eigenvalue weighted by Crippen LogP contribution is 2.17. The molecular formula is C16H23NO5. The minimum Gasteiger partial charge on any atom is -0.481 e. The fraction of sp³-hybridized carbons (Fsp3) is 0.500. The van der Waals surface area contributed by atoms with E-state index in [1.165, 1.54) is 7.11 Å². The number of carboxylic acids is 1. The Morgan fingerprint density at radius 2 is 2.00 bits per heavy atom. The van der Waals surface area contributed by atoms with Crippen molar-refractivity contribution in [3.05, 3.63) is 29.8 Å². The number of nitrogens with one attached hydrogen (secondary N) is 1. The van der Waals surface area contributed by atoms with Crippen LogP contribution >= 0.6 is 0 Å². The van der Waals surface area contributed by atoms with Crippen LogP contribution in [0, 0.1) is 0 Å². The fourth-order valence-electron chi connectivity index (χ4n) is 1.87. The van der Waals surface area contributed by atoms with Crippen LogP contribution in [0.5, 0.6) is 0 Å². The molecule has 122 valence electrons. The first-order valence-electron chi connectivity index (χ1n) is 7.02. The van der Waals surface area contributed by atoms with Gasteiger partial charge in [0.25, 0.3) is 0 Å². The Bertz CT molecular complexity index is 522. The third-order valence-corrected chi connectivity index (χ3v) is 2.66. The Labute approximate surface area is 130 Å². The molecule has 0 saturated carbocycles. The molecule has 6 heteroatoms. The van der Waals surface area contributed by atoms with Gasteiger partial charge in [0.15, 0.2) is 0 Å². The van der Waals surface area contributed by atoms with Crippen molar-refractivity contribution in [3.63, 3.8) is 0 Å². The molecule has 0 aliphatic rings. The van der Waals surface area contributed by atoms with Gasteiger partial charge in [0.1, 0.15) is 5.60 Å². The smallest absolute Gasteiger partial charge is 0.338 e. The lowest BCUT2D eigenvalue weighted by Crippen LogP contribution is -2.28. The largest absolute Gasteiger partial charge is 0.481 e. The number of anilines is 1. The minimum absolute atomic E-state index is 0.0789. The van der Waals surface area contributed by atoms with Crippen molar-refractivity contribution < 1.29 is 24.2 Å². The molecule has 0 heterocycles. The Morgan fingerprint density at radius 1 is 1.32 bits per heavy atom. The number of methoxy groups -OCH3 is 1. The summed E-state index contributed by atoms with van der Waals surface area (Å²) in [5.74, 6) is -1.34. The average Bonchev–Trinajstić information content (AvgIpc) is 2.36. The molecule has 1 rings (SSSR count). The van der Waals surface area contributed by atoms with Crippen LogP contribution < -0.4 is 5.32 Å². The topological polar surface area (TPSA) is 84.9 Å². The molecule has 0 saturated heterocycles. The summed E-state index contributed by atoms with van der Waals surface area (Å²) in [4.78, 5) is 22.9. The zero-order chi connectivity index (χ0) is 16.8. The predicted octanol–water partition coefficient (Wildman–Crippen LogP) is 2.54. The Balaban J connectivity index is 2.82. The van der Waals surface area contributed by atoms with Gasteiger partial charge in [0.05, 0.1) is 24.6 Å². The number of rotatable bonds is 7. The molecule has 1 atom stereocenters. The first kappa shape index (κ1) is 18.0. The van der Waals surface area contributed by atoms with Gasteiger partial charge in [0, 0.05) is 12.8 Å². The van der Waals surface area contributed by atoms with Crippen molar-refractivity contribution in [3.8, 4) is 0 Å². The molecule has 6 nitrogen and oxygen atoms in total. The second kappa shape index (κ2) is 7.79. The lowest BCUT2D eigenvalue weighted by atomic mass is 10.1. The van der Waals surface area contributed by atoms with Crippen molar-refractivity contribution in [2.24, 2.45) is 0 Å². The van der Waals surface area contributed by atoms with Crippen LogP contribution in [0.4, 0.5) is 5.69 Å². The van der Waals surface area contributed by atoms with E-state index in [4.69, 9.17) is 14.6 Å². The lowest BCUT2D eigenvalue weighted by molar-refractivity contribution is -0.137. The second-order valence-electron chi connectivity index (χ2n) is 5.98. The summed E-state index contributed by atoms with van der Waals surface area (Å²) < 4.78 is 10.3. The molecule has 0 radical (unpaired) electrons. The van der Waals surface area contributed by atoms with Gasteiger partial charge in [-0.2, -0.15) is 0 Å². The van der Waals surface area contributed by atoms with E-state index in [0.717, 1.165) is 0 Å². The van der Waals surface area contributed by atoms with E-state index in [-0.39, 0.29) is 19.1 Å². The molecule has 0 amide bonds. The van der Waals surface area contributed by atoms with Gasteiger partial charge in [-0.1, -0.05) is 6.07 Å². The Kier molecular flexibility index (Phi) is 6.37. The number of esters is 1. The number of benzene rings is 1. The van der Waals surface area contributed by atoms with Gasteiger partial charge < -0.3 is 19.9 Å². The molecule has 0 fully saturated rings. The van der Waals surface area contributed by atoms with Crippen molar-refractivity contribution in [1.82, 2.24) is 0 Å². The second-order valence-corrected chi connectivity index (χ2v) is 5.98. The molecule has 0 aliphatic heterocycles. The van der Waals surface area contributed by atoms with E-state index >= 15 is 0 Å². The van der Waals surface area contributed by atoms with Crippen molar-refractivity contribution >= 4 is 17.6 Å². The number of hydrogen-bond acceptors (Lipinski definition) is 5. The number of aliphatic carboxylic acids is 1. The quantitative estimate of drug-likeness (QED) is 0.753. The number of carbonyl (C=O) groups excluding carboxylic acids is 1. The highest BCUT2D eigenvalue weighted by Gasteiger charge is 2.19. The van der Waals surface area contributed by atoms with Crippen LogP contribution in [-0.2, 0) is 14.3 Å². The molecule has 1 aromatic rings. The third kappa shape index (κ3) is 6.58. The molecule has 2 N–H and O–H groups in total. The molecule has 0 bridgehead atoms. The Hall–Kier alpha value is -2.08. The molecular weight excluding hydrogens is 286 g/mol. The first-order chi connectivity index (χ1) is 10.2. The maximum Gasteiger partial charge on any atom is 0.338 e. The van der Waals surface area contributed by atoms with Crippen LogP contribution in [0.2, 0.25) is 0 Å². The Morgan fingerprint density at radius 3 is 2.55 bits per heavy atom. The molecule has 1 aromatic carbocycles. The van der Waals surface area contributed by atoms with Gasteiger partial charge >= 0.3 is 11.9 Å². The number of carbonyl (C=O) groups is 2. The molecule has 1 unspecified atom stereocenters. The maximum absolute atomic E-state index is 12.0. The fourth-order valence-corrected chi connectivity index (χ4v) is 1.87. The summed E-state index contributed by atoms with van der Waals surface area (Å²) in [6, 6.07) is 6.39. The monoisotopic (exact) mass is 309 g/mol.